The molecule has 0 aromatic carbocycles. The summed E-state index contributed by atoms with van der Waals surface area (Å²) in [5, 5.41) is 13.2. The van der Waals surface area contributed by atoms with Crippen LogP contribution < -0.4 is 0 Å². The highest BCUT2D eigenvalue weighted by atomic mass is 16.4. The van der Waals surface area contributed by atoms with E-state index in [1.807, 2.05) is 11.0 Å². The zero-order valence-electron chi connectivity index (χ0n) is 15.5. The molecule has 0 spiro atoms. The highest BCUT2D eigenvalue weighted by molar-refractivity contribution is 5.78. The summed E-state index contributed by atoms with van der Waals surface area (Å²) in [5.74, 6) is -0.557. The maximum Gasteiger partial charge on any atom is 0.325 e. The van der Waals surface area contributed by atoms with Crippen molar-refractivity contribution in [1.29, 1.82) is 0 Å². The molecule has 1 atom stereocenters. The molecule has 1 N–H and O–H groups in total. The average molecular weight is 363 g/mol. The number of carbonyl (C=O) groups excluding carboxylic acids is 1. The fourth-order valence-electron chi connectivity index (χ4n) is 3.94. The Morgan fingerprint density at radius 3 is 2.81 bits per heavy atom. The molecule has 8 heteroatoms. The van der Waals surface area contributed by atoms with Crippen LogP contribution in [0.4, 0.5) is 0 Å². The van der Waals surface area contributed by atoms with E-state index >= 15 is 0 Å². The van der Waals surface area contributed by atoms with E-state index in [1.54, 1.807) is 10.9 Å². The van der Waals surface area contributed by atoms with Crippen LogP contribution >= 0.6 is 0 Å². The van der Waals surface area contributed by atoms with E-state index in [0.29, 0.717) is 13.1 Å². The number of carbonyl (C=O) groups is 2. The molecule has 8 nitrogen and oxygen atoms in total. The van der Waals surface area contributed by atoms with Gasteiger partial charge in [0.05, 0.1) is 6.54 Å². The number of nitrogens with zero attached hydrogens (tertiary/aromatic N) is 5. The third-order valence-corrected chi connectivity index (χ3v) is 5.40. The van der Waals surface area contributed by atoms with Crippen molar-refractivity contribution in [2.24, 2.45) is 0 Å². The largest absolute Gasteiger partial charge is 0.480 e. The Bertz CT molecular complexity index is 632. The lowest BCUT2D eigenvalue weighted by Crippen LogP contribution is -2.45. The van der Waals surface area contributed by atoms with Crippen LogP contribution in [0.2, 0.25) is 0 Å². The third-order valence-electron chi connectivity index (χ3n) is 5.40. The van der Waals surface area contributed by atoms with E-state index in [-0.39, 0.29) is 18.4 Å². The standard InChI is InChI=1S/C18H29N5O3/c1-20-7-3-8-21(11-10-20)13-17(24)22-9-2-4-15(12-22)16-5-6-19-23(16)14-18(25)26/h5-6,15H,2-4,7-14H2,1H3,(H,25,26). The van der Waals surface area contributed by atoms with Gasteiger partial charge in [0.1, 0.15) is 6.54 Å². The third kappa shape index (κ3) is 4.82. The van der Waals surface area contributed by atoms with E-state index in [2.05, 4.69) is 21.9 Å². The smallest absolute Gasteiger partial charge is 0.325 e. The fourth-order valence-corrected chi connectivity index (χ4v) is 3.94. The topological polar surface area (TPSA) is 81.9 Å². The number of hydrogen-bond donors (Lipinski definition) is 1. The predicted molar refractivity (Wildman–Crippen MR) is 97.0 cm³/mol. The van der Waals surface area contributed by atoms with Gasteiger partial charge in [-0.15, -0.1) is 0 Å². The van der Waals surface area contributed by atoms with Gasteiger partial charge in [-0.2, -0.15) is 5.10 Å². The molecule has 0 aliphatic carbocycles. The predicted octanol–water partition coefficient (Wildman–Crippen LogP) is 0.311. The minimum absolute atomic E-state index is 0.131. The average Bonchev–Trinajstić information content (AvgIpc) is 2.97. The number of likely N-dealkylation sites (N-methyl/N-ethyl adjacent to an activating group) is 1. The second kappa shape index (κ2) is 8.64. The number of amides is 1. The molecule has 3 rings (SSSR count). The molecule has 0 radical (unpaired) electrons. The number of aliphatic carboxylic acids is 1. The summed E-state index contributed by atoms with van der Waals surface area (Å²) >= 11 is 0. The first-order chi connectivity index (χ1) is 12.5. The fraction of sp³-hybridized carbons (Fsp3) is 0.722. The Balaban J connectivity index is 1.58. The van der Waals surface area contributed by atoms with Crippen molar-refractivity contribution in [2.45, 2.75) is 31.7 Å². The van der Waals surface area contributed by atoms with Gasteiger partial charge < -0.3 is 14.9 Å². The van der Waals surface area contributed by atoms with Crippen LogP contribution in [0.15, 0.2) is 12.3 Å². The molecule has 1 aromatic heterocycles. The van der Waals surface area contributed by atoms with Gasteiger partial charge in [0.15, 0.2) is 0 Å². The molecule has 26 heavy (non-hydrogen) atoms. The molecule has 1 aromatic rings. The SMILES string of the molecule is CN1CCCN(CC(=O)N2CCCC(c3ccnn3CC(=O)O)C2)CC1. The van der Waals surface area contributed by atoms with Crippen LogP contribution in [0.5, 0.6) is 0 Å². The Morgan fingerprint density at radius 1 is 1.15 bits per heavy atom. The molecular weight excluding hydrogens is 334 g/mol. The first-order valence-electron chi connectivity index (χ1n) is 9.45. The quantitative estimate of drug-likeness (QED) is 0.811. The van der Waals surface area contributed by atoms with Crippen molar-refractivity contribution in [3.8, 4) is 0 Å². The first-order valence-corrected chi connectivity index (χ1v) is 9.45. The lowest BCUT2D eigenvalue weighted by Gasteiger charge is -2.34. The second-order valence-corrected chi connectivity index (χ2v) is 7.42. The number of aromatic nitrogens is 2. The molecule has 144 valence electrons. The highest BCUT2D eigenvalue weighted by Gasteiger charge is 2.28. The Kier molecular flexibility index (Phi) is 6.26. The summed E-state index contributed by atoms with van der Waals surface area (Å²) in [6, 6.07) is 1.88. The van der Waals surface area contributed by atoms with E-state index < -0.39 is 5.97 Å². The lowest BCUT2D eigenvalue weighted by atomic mass is 9.94. The Morgan fingerprint density at radius 2 is 2.00 bits per heavy atom. The molecule has 1 unspecified atom stereocenters. The first kappa shape index (κ1) is 18.8. The highest BCUT2D eigenvalue weighted by Crippen LogP contribution is 2.27. The molecule has 2 fully saturated rings. The number of hydrogen-bond acceptors (Lipinski definition) is 5. The van der Waals surface area contributed by atoms with Gasteiger partial charge in [0.2, 0.25) is 5.91 Å². The van der Waals surface area contributed by atoms with Crippen LogP contribution in [-0.2, 0) is 16.1 Å². The molecule has 0 saturated carbocycles. The van der Waals surface area contributed by atoms with Gasteiger partial charge in [0.25, 0.3) is 0 Å². The minimum Gasteiger partial charge on any atom is -0.480 e. The van der Waals surface area contributed by atoms with Gasteiger partial charge in [0, 0.05) is 44.0 Å². The molecule has 2 saturated heterocycles. The van der Waals surface area contributed by atoms with Crippen molar-refractivity contribution in [2.75, 3.05) is 52.9 Å². The van der Waals surface area contributed by atoms with Crippen LogP contribution in [0, 0.1) is 0 Å². The van der Waals surface area contributed by atoms with Crippen LogP contribution in [0.25, 0.3) is 0 Å². The Labute approximate surface area is 154 Å². The summed E-state index contributed by atoms with van der Waals surface area (Å²) in [7, 11) is 2.13. The zero-order valence-corrected chi connectivity index (χ0v) is 15.5. The van der Waals surface area contributed by atoms with Gasteiger partial charge >= 0.3 is 5.97 Å². The van der Waals surface area contributed by atoms with Crippen molar-refractivity contribution >= 4 is 11.9 Å². The van der Waals surface area contributed by atoms with E-state index in [4.69, 9.17) is 5.11 Å². The van der Waals surface area contributed by atoms with Crippen LogP contribution in [-0.4, -0.2) is 94.3 Å². The second-order valence-electron chi connectivity index (χ2n) is 7.42. The Hall–Kier alpha value is -1.93. The summed E-state index contributed by atoms with van der Waals surface area (Å²) in [6.07, 6.45) is 4.65. The lowest BCUT2D eigenvalue weighted by molar-refractivity contribution is -0.138. The molecule has 0 bridgehead atoms. The molecular formula is C18H29N5O3. The van der Waals surface area contributed by atoms with Crippen molar-refractivity contribution in [3.05, 3.63) is 18.0 Å². The maximum atomic E-state index is 12.8. The molecule has 2 aliphatic rings. The number of piperidine rings is 1. The van der Waals surface area contributed by atoms with E-state index in [9.17, 15) is 9.59 Å². The monoisotopic (exact) mass is 363 g/mol. The molecule has 3 heterocycles. The van der Waals surface area contributed by atoms with Gasteiger partial charge in [-0.1, -0.05) is 0 Å². The zero-order chi connectivity index (χ0) is 18.5. The van der Waals surface area contributed by atoms with Gasteiger partial charge in [-0.3, -0.25) is 19.2 Å². The number of carboxylic acids is 1. The van der Waals surface area contributed by atoms with Gasteiger partial charge in [-0.05, 0) is 45.5 Å². The molecule has 1 amide bonds. The maximum absolute atomic E-state index is 12.8. The van der Waals surface area contributed by atoms with Crippen molar-refractivity contribution < 1.29 is 14.7 Å². The van der Waals surface area contributed by atoms with Crippen molar-refractivity contribution in [1.82, 2.24) is 24.5 Å². The number of likely N-dealkylation sites (tertiary alicyclic amines) is 1. The molecule has 2 aliphatic heterocycles. The van der Waals surface area contributed by atoms with Gasteiger partial charge in [-0.25, -0.2) is 0 Å². The normalized spacial score (nSPS) is 23.0. The van der Waals surface area contributed by atoms with Crippen molar-refractivity contribution in [3.63, 3.8) is 0 Å². The number of rotatable bonds is 5. The van der Waals surface area contributed by atoms with Crippen LogP contribution in [0.1, 0.15) is 30.9 Å². The summed E-state index contributed by atoms with van der Waals surface area (Å²) in [4.78, 5) is 30.3. The van der Waals surface area contributed by atoms with Crippen LogP contribution in [0.3, 0.4) is 0 Å². The summed E-state index contributed by atoms with van der Waals surface area (Å²) in [6.45, 7) is 5.79. The number of carboxylic acid groups (broad SMARTS) is 1. The summed E-state index contributed by atoms with van der Waals surface area (Å²) < 4.78 is 1.55. The van der Waals surface area contributed by atoms with E-state index in [1.165, 1.54) is 0 Å². The van der Waals surface area contributed by atoms with E-state index in [0.717, 1.165) is 57.7 Å². The summed E-state index contributed by atoms with van der Waals surface area (Å²) in [5.41, 5.74) is 0.918. The minimum atomic E-state index is -0.898.